The number of aliphatic hydroxyl groups is 2. The van der Waals surface area contributed by atoms with Crippen molar-refractivity contribution >= 4 is 10.8 Å². The Morgan fingerprint density at radius 1 is 1.39 bits per heavy atom. The number of ether oxygens (including phenoxy) is 1. The molecular formula is C13H15NO4. The number of pyridine rings is 1. The summed E-state index contributed by atoms with van der Waals surface area (Å²) in [4.78, 5) is 12.1. The van der Waals surface area contributed by atoms with E-state index in [2.05, 4.69) is 0 Å². The Labute approximate surface area is 104 Å². The van der Waals surface area contributed by atoms with E-state index in [0.717, 1.165) is 5.39 Å². The van der Waals surface area contributed by atoms with Crippen LogP contribution in [0.4, 0.5) is 0 Å². The first-order chi connectivity index (χ1) is 8.65. The SMILES string of the molecule is COc1ccc2c(=O)n(CC(O)CO)ccc2c1. The third-order valence-corrected chi connectivity index (χ3v) is 2.80. The highest BCUT2D eigenvalue weighted by Gasteiger charge is 2.07. The van der Waals surface area contributed by atoms with Crippen LogP contribution in [0.15, 0.2) is 35.3 Å². The largest absolute Gasteiger partial charge is 0.497 e. The van der Waals surface area contributed by atoms with E-state index in [4.69, 9.17) is 9.84 Å². The molecule has 5 heteroatoms. The van der Waals surface area contributed by atoms with Crippen molar-refractivity contribution in [3.05, 3.63) is 40.8 Å². The lowest BCUT2D eigenvalue weighted by molar-refractivity contribution is 0.0805. The Bertz CT molecular complexity index is 605. The van der Waals surface area contributed by atoms with Crippen LogP contribution in [0.3, 0.4) is 0 Å². The molecule has 5 nitrogen and oxygen atoms in total. The van der Waals surface area contributed by atoms with Crippen LogP contribution in [-0.4, -0.2) is 34.6 Å². The molecule has 1 aromatic heterocycles. The van der Waals surface area contributed by atoms with Gasteiger partial charge in [0.05, 0.1) is 26.4 Å². The molecule has 0 amide bonds. The van der Waals surface area contributed by atoms with Crippen LogP contribution < -0.4 is 10.3 Å². The summed E-state index contributed by atoms with van der Waals surface area (Å²) in [6.45, 7) is -0.287. The summed E-state index contributed by atoms with van der Waals surface area (Å²) in [5.41, 5.74) is -0.192. The molecule has 2 rings (SSSR count). The topological polar surface area (TPSA) is 71.7 Å². The van der Waals surface area contributed by atoms with Crippen molar-refractivity contribution in [2.45, 2.75) is 12.6 Å². The Kier molecular flexibility index (Phi) is 3.64. The smallest absolute Gasteiger partial charge is 0.258 e. The van der Waals surface area contributed by atoms with Gasteiger partial charge >= 0.3 is 0 Å². The number of hydrogen-bond donors (Lipinski definition) is 2. The van der Waals surface area contributed by atoms with E-state index in [9.17, 15) is 9.90 Å². The van der Waals surface area contributed by atoms with Gasteiger partial charge in [0.2, 0.25) is 0 Å². The first kappa shape index (κ1) is 12.6. The van der Waals surface area contributed by atoms with Gasteiger partial charge in [-0.2, -0.15) is 0 Å². The molecule has 0 bridgehead atoms. The molecule has 1 heterocycles. The maximum absolute atomic E-state index is 12.1. The number of benzene rings is 1. The predicted molar refractivity (Wildman–Crippen MR) is 67.9 cm³/mol. The highest BCUT2D eigenvalue weighted by Crippen LogP contribution is 2.17. The third kappa shape index (κ3) is 2.37. The van der Waals surface area contributed by atoms with E-state index in [0.29, 0.717) is 11.1 Å². The second-order valence-corrected chi connectivity index (χ2v) is 4.06. The normalized spacial score (nSPS) is 12.6. The van der Waals surface area contributed by atoms with Crippen LogP contribution in [0.5, 0.6) is 5.75 Å². The van der Waals surface area contributed by atoms with Gasteiger partial charge in [0.1, 0.15) is 5.75 Å². The summed E-state index contributed by atoms with van der Waals surface area (Å²) in [6.07, 6.45) is 0.668. The van der Waals surface area contributed by atoms with Gasteiger partial charge in [-0.15, -0.1) is 0 Å². The monoisotopic (exact) mass is 249 g/mol. The number of aromatic nitrogens is 1. The first-order valence-electron chi connectivity index (χ1n) is 5.62. The van der Waals surface area contributed by atoms with Gasteiger partial charge in [0.25, 0.3) is 5.56 Å². The number of fused-ring (bicyclic) bond motifs is 1. The summed E-state index contributed by atoms with van der Waals surface area (Å²) >= 11 is 0. The van der Waals surface area contributed by atoms with Gasteiger partial charge < -0.3 is 19.5 Å². The molecule has 2 aromatic rings. The molecule has 0 aliphatic heterocycles. The fourth-order valence-electron chi connectivity index (χ4n) is 1.82. The molecule has 0 aliphatic rings. The quantitative estimate of drug-likeness (QED) is 0.821. The Hall–Kier alpha value is -1.85. The molecule has 0 radical (unpaired) electrons. The van der Waals surface area contributed by atoms with Gasteiger partial charge in [-0.1, -0.05) is 0 Å². The number of rotatable bonds is 4. The third-order valence-electron chi connectivity index (χ3n) is 2.80. The van der Waals surface area contributed by atoms with Crippen molar-refractivity contribution in [2.75, 3.05) is 13.7 Å². The fourth-order valence-corrected chi connectivity index (χ4v) is 1.82. The van der Waals surface area contributed by atoms with Crippen molar-refractivity contribution in [1.82, 2.24) is 4.57 Å². The standard InChI is InChI=1S/C13H15NO4/c1-18-11-2-3-12-9(6-11)4-5-14(13(12)17)7-10(16)8-15/h2-6,10,15-16H,7-8H2,1H3. The summed E-state index contributed by atoms with van der Waals surface area (Å²) in [6, 6.07) is 6.97. The van der Waals surface area contributed by atoms with Gasteiger partial charge in [0, 0.05) is 11.6 Å². The first-order valence-corrected chi connectivity index (χ1v) is 5.62. The van der Waals surface area contributed by atoms with Crippen molar-refractivity contribution in [2.24, 2.45) is 0 Å². The summed E-state index contributed by atoms with van der Waals surface area (Å²) in [7, 11) is 1.57. The highest BCUT2D eigenvalue weighted by molar-refractivity contribution is 5.82. The Balaban J connectivity index is 2.48. The molecule has 0 spiro atoms. The molecule has 2 N–H and O–H groups in total. The molecule has 0 saturated heterocycles. The maximum Gasteiger partial charge on any atom is 0.258 e. The van der Waals surface area contributed by atoms with Crippen LogP contribution in [0, 0.1) is 0 Å². The van der Waals surface area contributed by atoms with E-state index in [1.54, 1.807) is 37.6 Å². The lowest BCUT2D eigenvalue weighted by Crippen LogP contribution is -2.28. The Morgan fingerprint density at radius 3 is 2.83 bits per heavy atom. The molecule has 1 unspecified atom stereocenters. The van der Waals surface area contributed by atoms with E-state index in [1.807, 2.05) is 0 Å². The number of aliphatic hydroxyl groups excluding tert-OH is 2. The van der Waals surface area contributed by atoms with E-state index in [-0.39, 0.29) is 18.7 Å². The zero-order valence-corrected chi connectivity index (χ0v) is 10.0. The van der Waals surface area contributed by atoms with Crippen LogP contribution in [-0.2, 0) is 6.54 Å². The average molecular weight is 249 g/mol. The highest BCUT2D eigenvalue weighted by atomic mass is 16.5. The number of hydrogen-bond acceptors (Lipinski definition) is 4. The summed E-state index contributed by atoms with van der Waals surface area (Å²) in [5.74, 6) is 0.690. The lowest BCUT2D eigenvalue weighted by Gasteiger charge is -2.11. The lowest BCUT2D eigenvalue weighted by atomic mass is 10.1. The zero-order chi connectivity index (χ0) is 13.1. The van der Waals surface area contributed by atoms with Crippen molar-refractivity contribution in [3.8, 4) is 5.75 Å². The molecule has 1 atom stereocenters. The van der Waals surface area contributed by atoms with Crippen LogP contribution >= 0.6 is 0 Å². The Morgan fingerprint density at radius 2 is 2.17 bits per heavy atom. The van der Waals surface area contributed by atoms with Crippen LogP contribution in [0.1, 0.15) is 0 Å². The van der Waals surface area contributed by atoms with E-state index in [1.165, 1.54) is 4.57 Å². The molecular weight excluding hydrogens is 234 g/mol. The molecule has 0 fully saturated rings. The van der Waals surface area contributed by atoms with Gasteiger partial charge in [-0.25, -0.2) is 0 Å². The fraction of sp³-hybridized carbons (Fsp3) is 0.308. The van der Waals surface area contributed by atoms with Crippen molar-refractivity contribution in [1.29, 1.82) is 0 Å². The van der Waals surface area contributed by atoms with E-state index < -0.39 is 6.10 Å². The van der Waals surface area contributed by atoms with Crippen molar-refractivity contribution < 1.29 is 14.9 Å². The van der Waals surface area contributed by atoms with Gasteiger partial charge in [-0.3, -0.25) is 4.79 Å². The minimum Gasteiger partial charge on any atom is -0.497 e. The second kappa shape index (κ2) is 5.20. The molecule has 1 aromatic carbocycles. The summed E-state index contributed by atoms with van der Waals surface area (Å²) < 4.78 is 6.48. The molecule has 18 heavy (non-hydrogen) atoms. The maximum atomic E-state index is 12.1. The molecule has 96 valence electrons. The minimum atomic E-state index is -0.932. The van der Waals surface area contributed by atoms with Gasteiger partial charge in [-0.05, 0) is 29.7 Å². The van der Waals surface area contributed by atoms with Crippen LogP contribution in [0.25, 0.3) is 10.8 Å². The van der Waals surface area contributed by atoms with E-state index >= 15 is 0 Å². The molecule has 0 aliphatic carbocycles. The predicted octanol–water partition coefficient (Wildman–Crippen LogP) is 0.363. The van der Waals surface area contributed by atoms with Crippen LogP contribution in [0.2, 0.25) is 0 Å². The summed E-state index contributed by atoms with van der Waals surface area (Å²) in [5, 5.41) is 19.5. The zero-order valence-electron chi connectivity index (χ0n) is 10.0. The average Bonchev–Trinajstić information content (AvgIpc) is 2.41. The van der Waals surface area contributed by atoms with Gasteiger partial charge in [0.15, 0.2) is 0 Å². The number of nitrogens with zero attached hydrogens (tertiary/aromatic N) is 1. The minimum absolute atomic E-state index is 0.0807. The molecule has 0 saturated carbocycles. The second-order valence-electron chi connectivity index (χ2n) is 4.06. The number of methoxy groups -OCH3 is 1. The van der Waals surface area contributed by atoms with Crippen molar-refractivity contribution in [3.63, 3.8) is 0 Å².